The van der Waals surface area contributed by atoms with E-state index in [1.165, 1.54) is 0 Å². The maximum Gasteiger partial charge on any atom is 1.00 e. The minimum absolute atomic E-state index is 0. The van der Waals surface area contributed by atoms with Gasteiger partial charge in [0.05, 0.1) is 0 Å². The second-order valence-electron chi connectivity index (χ2n) is 2.32. The number of hydrogen-bond acceptors (Lipinski definition) is 2. The largest absolute Gasteiger partial charge is 1.00 e. The SMILES string of the molecule is CN[CH-]CC(=O)C(C)C.[Rb+]. The number of Topliss-reactive ketones (excluding diaryl/α,β-unsaturated/α-hetero) is 1. The van der Waals surface area contributed by atoms with Gasteiger partial charge in [0, 0.05) is 5.92 Å². The summed E-state index contributed by atoms with van der Waals surface area (Å²) in [5.41, 5.74) is 0. The molecule has 0 heterocycles. The van der Waals surface area contributed by atoms with Gasteiger partial charge in [-0.15, -0.1) is 6.42 Å². The fraction of sp³-hybridized carbons (Fsp3) is 0.714. The van der Waals surface area contributed by atoms with Crippen LogP contribution in [-0.4, -0.2) is 12.8 Å². The van der Waals surface area contributed by atoms with Gasteiger partial charge in [-0.25, -0.2) is 0 Å². The maximum atomic E-state index is 10.8. The van der Waals surface area contributed by atoms with Crippen LogP contribution in [0.4, 0.5) is 0 Å². The summed E-state index contributed by atoms with van der Waals surface area (Å²) >= 11 is 0. The van der Waals surface area contributed by atoms with Crippen molar-refractivity contribution in [2.45, 2.75) is 20.3 Å². The predicted molar refractivity (Wildman–Crippen MR) is 37.8 cm³/mol. The third-order valence-corrected chi connectivity index (χ3v) is 1.15. The Kier molecular flexibility index (Phi) is 11.9. The first-order valence-corrected chi connectivity index (χ1v) is 3.20. The third kappa shape index (κ3) is 7.54. The molecular formula is C7H14NORb. The van der Waals surface area contributed by atoms with Crippen molar-refractivity contribution in [3.8, 4) is 0 Å². The molecule has 0 rings (SSSR count). The molecule has 10 heavy (non-hydrogen) atoms. The zero-order chi connectivity index (χ0) is 7.28. The summed E-state index contributed by atoms with van der Waals surface area (Å²) in [5, 5.41) is 2.81. The molecule has 0 aromatic heterocycles. The molecule has 0 spiro atoms. The average molecular weight is 214 g/mol. The molecule has 0 aromatic carbocycles. The minimum Gasteiger partial charge on any atom is -0.472 e. The summed E-state index contributed by atoms with van der Waals surface area (Å²) in [5.74, 6) is 0.443. The monoisotopic (exact) mass is 213 g/mol. The molecule has 0 unspecified atom stereocenters. The minimum atomic E-state index is 0. The number of rotatable bonds is 4. The Morgan fingerprint density at radius 3 is 2.40 bits per heavy atom. The first-order chi connectivity index (χ1) is 4.18. The van der Waals surface area contributed by atoms with Crippen LogP contribution >= 0.6 is 0 Å². The summed E-state index contributed by atoms with van der Waals surface area (Å²) < 4.78 is 0. The fourth-order valence-electron chi connectivity index (χ4n) is 0.438. The van der Waals surface area contributed by atoms with Gasteiger partial charge in [-0.2, -0.15) is 0 Å². The molecule has 54 valence electrons. The molecule has 0 aromatic rings. The number of hydrogen-bond donors (Lipinski definition) is 1. The van der Waals surface area contributed by atoms with Crippen LogP contribution in [0.1, 0.15) is 20.3 Å². The summed E-state index contributed by atoms with van der Waals surface area (Å²) in [7, 11) is 1.80. The molecule has 0 radical (unpaired) electrons. The van der Waals surface area contributed by atoms with Gasteiger partial charge in [-0.05, 0) is 7.05 Å². The van der Waals surface area contributed by atoms with Crippen molar-refractivity contribution in [1.82, 2.24) is 5.32 Å². The number of carbonyl (C=O) groups is 1. The smallest absolute Gasteiger partial charge is 0.472 e. The van der Waals surface area contributed by atoms with E-state index in [1.54, 1.807) is 13.6 Å². The molecule has 0 saturated heterocycles. The molecule has 2 nitrogen and oxygen atoms in total. The van der Waals surface area contributed by atoms with Crippen LogP contribution in [0.3, 0.4) is 0 Å². The molecule has 0 aliphatic carbocycles. The summed E-state index contributed by atoms with van der Waals surface area (Å²) in [6, 6.07) is 0. The van der Waals surface area contributed by atoms with E-state index in [0.717, 1.165) is 0 Å². The van der Waals surface area contributed by atoms with Gasteiger partial charge >= 0.3 is 58.2 Å². The van der Waals surface area contributed by atoms with Gasteiger partial charge < -0.3 is 10.1 Å². The Morgan fingerprint density at radius 1 is 1.60 bits per heavy atom. The first-order valence-electron chi connectivity index (χ1n) is 3.20. The molecule has 0 aliphatic heterocycles. The predicted octanol–water partition coefficient (Wildman–Crippen LogP) is -2.01. The van der Waals surface area contributed by atoms with E-state index in [0.29, 0.717) is 6.42 Å². The van der Waals surface area contributed by atoms with Crippen LogP contribution in [0.25, 0.3) is 0 Å². The topological polar surface area (TPSA) is 29.1 Å². The standard InChI is InChI=1S/C7H14NO.Rb/c1-6(2)7(9)4-5-8-3;/h5-6,8H,4H2,1-3H3;/q-1;+1. The van der Waals surface area contributed by atoms with Crippen LogP contribution in [0.15, 0.2) is 0 Å². The van der Waals surface area contributed by atoms with E-state index in [-0.39, 0.29) is 69.9 Å². The first kappa shape index (κ1) is 14.0. The second-order valence-corrected chi connectivity index (χ2v) is 2.32. The Morgan fingerprint density at radius 2 is 2.10 bits per heavy atom. The van der Waals surface area contributed by atoms with Crippen LogP contribution < -0.4 is 63.5 Å². The van der Waals surface area contributed by atoms with Gasteiger partial charge in [-0.1, -0.05) is 13.8 Å². The summed E-state index contributed by atoms with van der Waals surface area (Å²) in [6.07, 6.45) is 0.536. The summed E-state index contributed by atoms with van der Waals surface area (Å²) in [6.45, 7) is 5.58. The van der Waals surface area contributed by atoms with Crippen molar-refractivity contribution < 1.29 is 63.0 Å². The Hall–Kier alpha value is 1.44. The van der Waals surface area contributed by atoms with E-state index < -0.39 is 0 Å². The number of nitrogens with one attached hydrogen (secondary N) is 1. The van der Waals surface area contributed by atoms with Crippen LogP contribution in [0.5, 0.6) is 0 Å². The molecule has 0 amide bonds. The van der Waals surface area contributed by atoms with Crippen molar-refractivity contribution >= 4 is 5.78 Å². The molecule has 0 bridgehead atoms. The van der Waals surface area contributed by atoms with Gasteiger partial charge in [-0.3, -0.25) is 6.54 Å². The van der Waals surface area contributed by atoms with Crippen molar-refractivity contribution in [3.05, 3.63) is 6.54 Å². The third-order valence-electron chi connectivity index (χ3n) is 1.15. The molecule has 1 N–H and O–H groups in total. The van der Waals surface area contributed by atoms with Crippen molar-refractivity contribution in [2.75, 3.05) is 7.05 Å². The van der Waals surface area contributed by atoms with Gasteiger partial charge in [0.25, 0.3) is 0 Å². The fourth-order valence-corrected chi connectivity index (χ4v) is 0.438. The Balaban J connectivity index is 0. The van der Waals surface area contributed by atoms with E-state index in [9.17, 15) is 4.79 Å². The van der Waals surface area contributed by atoms with Gasteiger partial charge in [0.2, 0.25) is 0 Å². The van der Waals surface area contributed by atoms with Gasteiger partial charge in [0.15, 0.2) is 0 Å². The number of ketones is 1. The number of carbonyl (C=O) groups excluding carboxylic acids is 1. The Bertz CT molecular complexity index is 93.6. The molecule has 3 heteroatoms. The normalized spacial score (nSPS) is 9.20. The van der Waals surface area contributed by atoms with E-state index >= 15 is 0 Å². The van der Waals surface area contributed by atoms with Crippen molar-refractivity contribution in [1.29, 1.82) is 0 Å². The molecule has 0 fully saturated rings. The zero-order valence-electron chi connectivity index (χ0n) is 7.27. The second kappa shape index (κ2) is 8.53. The molecule has 0 atom stereocenters. The van der Waals surface area contributed by atoms with E-state index in [1.807, 2.05) is 13.8 Å². The maximum absolute atomic E-state index is 10.8. The summed E-state index contributed by atoms with van der Waals surface area (Å²) in [4.78, 5) is 10.8. The molecule has 0 aliphatic rings. The van der Waals surface area contributed by atoms with Crippen LogP contribution in [-0.2, 0) is 4.79 Å². The quantitative estimate of drug-likeness (QED) is 0.547. The zero-order valence-corrected chi connectivity index (χ0v) is 12.2. The van der Waals surface area contributed by atoms with Crippen LogP contribution in [0, 0.1) is 12.5 Å². The molecule has 0 saturated carbocycles. The van der Waals surface area contributed by atoms with Crippen LogP contribution in [0.2, 0.25) is 0 Å². The van der Waals surface area contributed by atoms with Gasteiger partial charge in [0.1, 0.15) is 5.78 Å². The average Bonchev–Trinajstić information content (AvgIpc) is 1.82. The Labute approximate surface area is 112 Å². The van der Waals surface area contributed by atoms with E-state index in [2.05, 4.69) is 5.32 Å². The van der Waals surface area contributed by atoms with Crippen molar-refractivity contribution in [3.63, 3.8) is 0 Å². The van der Waals surface area contributed by atoms with E-state index in [4.69, 9.17) is 0 Å². The molecular weight excluding hydrogens is 200 g/mol. The van der Waals surface area contributed by atoms with Crippen molar-refractivity contribution in [2.24, 2.45) is 5.92 Å².